The normalized spacial score (nSPS) is 16.7. The Morgan fingerprint density at radius 1 is 0.955 bits per heavy atom. The predicted molar refractivity (Wildman–Crippen MR) is 80.1 cm³/mol. The van der Waals surface area contributed by atoms with E-state index in [1.54, 1.807) is 0 Å². The first kappa shape index (κ1) is 16.5. The van der Waals surface area contributed by atoms with Crippen LogP contribution in [0.25, 0.3) is 0 Å². The molecule has 0 atom stereocenters. The Balaban J connectivity index is 1.99. The molecule has 22 heavy (non-hydrogen) atoms. The number of hydrogen-bond donors (Lipinski definition) is 1. The second-order valence-corrected chi connectivity index (χ2v) is 6.06. The Kier molecular flexibility index (Phi) is 5.19. The third-order valence-electron chi connectivity index (χ3n) is 3.63. The maximum atomic E-state index is 12.0. The van der Waals surface area contributed by atoms with E-state index < -0.39 is 17.9 Å². The minimum absolute atomic E-state index is 0.0726. The molecular weight excluding hydrogens is 284 g/mol. The minimum Gasteiger partial charge on any atom is -0.394 e. The van der Waals surface area contributed by atoms with Crippen molar-refractivity contribution in [1.82, 2.24) is 0 Å². The van der Waals surface area contributed by atoms with Gasteiger partial charge in [0.25, 0.3) is 0 Å². The van der Waals surface area contributed by atoms with Gasteiger partial charge in [0.1, 0.15) is 0 Å². The number of hydrogen-bond acceptors (Lipinski definition) is 5. The van der Waals surface area contributed by atoms with Crippen LogP contribution in [0.15, 0.2) is 24.3 Å². The maximum absolute atomic E-state index is 12.0. The lowest BCUT2D eigenvalue weighted by Crippen LogP contribution is -2.39. The van der Waals surface area contributed by atoms with Crippen LogP contribution in [0.2, 0.25) is 0 Å². The van der Waals surface area contributed by atoms with E-state index in [4.69, 9.17) is 9.47 Å². The van der Waals surface area contributed by atoms with Gasteiger partial charge in [-0.2, -0.15) is 0 Å². The van der Waals surface area contributed by atoms with Crippen molar-refractivity contribution in [3.05, 3.63) is 35.4 Å². The van der Waals surface area contributed by atoms with Gasteiger partial charge >= 0.3 is 17.9 Å². The van der Waals surface area contributed by atoms with E-state index in [-0.39, 0.29) is 17.5 Å². The molecule has 120 valence electrons. The number of benzene rings is 1. The van der Waals surface area contributed by atoms with Crippen LogP contribution in [-0.2, 0) is 9.47 Å². The molecule has 2 bridgehead atoms. The highest BCUT2D eigenvalue weighted by molar-refractivity contribution is 5.94. The fourth-order valence-electron chi connectivity index (χ4n) is 2.35. The molecule has 0 spiro atoms. The molecule has 0 saturated carbocycles. The van der Waals surface area contributed by atoms with Gasteiger partial charge in [-0.05, 0) is 36.6 Å². The lowest BCUT2D eigenvalue weighted by atomic mass is 10.0. The molecule has 2 aliphatic rings. The van der Waals surface area contributed by atoms with Crippen LogP contribution < -0.4 is 0 Å². The summed E-state index contributed by atoms with van der Waals surface area (Å²) in [5.74, 6) is -2.97. The zero-order valence-electron chi connectivity index (χ0n) is 13.0. The van der Waals surface area contributed by atoms with E-state index in [0.29, 0.717) is 12.3 Å². The molecule has 0 radical (unpaired) electrons. The summed E-state index contributed by atoms with van der Waals surface area (Å²) < 4.78 is 10.0. The topological polar surface area (TPSA) is 72.8 Å². The number of carbonyl (C=O) groups excluding carboxylic acids is 2. The lowest BCUT2D eigenvalue weighted by Gasteiger charge is -2.26. The van der Waals surface area contributed by atoms with E-state index in [9.17, 15) is 14.7 Å². The maximum Gasteiger partial charge on any atom is 0.373 e. The summed E-state index contributed by atoms with van der Waals surface area (Å²) in [6.07, 6.45) is 3.67. The molecular formula is C17H22O5. The van der Waals surface area contributed by atoms with Crippen molar-refractivity contribution in [2.45, 2.75) is 51.9 Å². The minimum atomic E-state index is -2.19. The van der Waals surface area contributed by atoms with Gasteiger partial charge in [-0.25, -0.2) is 9.59 Å². The summed E-state index contributed by atoms with van der Waals surface area (Å²) in [4.78, 5) is 23.9. The zero-order chi connectivity index (χ0) is 16.2. The van der Waals surface area contributed by atoms with Crippen molar-refractivity contribution < 1.29 is 24.2 Å². The Bertz CT molecular complexity index is 495. The molecule has 0 aromatic heterocycles. The predicted octanol–water partition coefficient (Wildman–Crippen LogP) is 3.27. The summed E-state index contributed by atoms with van der Waals surface area (Å²) in [7, 11) is 0. The summed E-state index contributed by atoms with van der Waals surface area (Å²) in [6, 6.07) is 5.92. The number of aliphatic hydroxyl groups is 1. The van der Waals surface area contributed by atoms with E-state index in [1.165, 1.54) is 24.3 Å². The second kappa shape index (κ2) is 6.92. The van der Waals surface area contributed by atoms with E-state index in [0.717, 1.165) is 19.3 Å². The van der Waals surface area contributed by atoms with Crippen molar-refractivity contribution >= 4 is 11.9 Å². The van der Waals surface area contributed by atoms with Gasteiger partial charge in [-0.1, -0.05) is 33.1 Å². The molecule has 0 aliphatic carbocycles. The number of carbonyl (C=O) groups is 2. The standard InChI is InChI=1S/C17H22O5/c1-12(2)6-4-3-5-11-17(20)21-15(18)13-7-8-14(10-9-13)16(19)22-17/h7-10,12,20H,3-6,11H2,1-2H3. The molecule has 1 aromatic carbocycles. The van der Waals surface area contributed by atoms with Crippen LogP contribution in [0.3, 0.4) is 0 Å². The Hall–Kier alpha value is -1.88. The lowest BCUT2D eigenvalue weighted by molar-refractivity contribution is -0.307. The molecule has 2 heterocycles. The monoisotopic (exact) mass is 306 g/mol. The summed E-state index contributed by atoms with van der Waals surface area (Å²) >= 11 is 0. The van der Waals surface area contributed by atoms with Crippen molar-refractivity contribution in [2.75, 3.05) is 0 Å². The van der Waals surface area contributed by atoms with Gasteiger partial charge < -0.3 is 14.6 Å². The molecule has 1 N–H and O–H groups in total. The Morgan fingerprint density at radius 3 is 1.91 bits per heavy atom. The molecule has 0 saturated heterocycles. The third-order valence-corrected chi connectivity index (χ3v) is 3.63. The van der Waals surface area contributed by atoms with Gasteiger partial charge in [0.15, 0.2) is 0 Å². The van der Waals surface area contributed by atoms with Crippen molar-refractivity contribution in [1.29, 1.82) is 0 Å². The average molecular weight is 306 g/mol. The van der Waals surface area contributed by atoms with Crippen LogP contribution >= 0.6 is 0 Å². The van der Waals surface area contributed by atoms with Crippen LogP contribution in [0.1, 0.15) is 66.7 Å². The van der Waals surface area contributed by atoms with Gasteiger partial charge in [0.2, 0.25) is 0 Å². The first-order valence-corrected chi connectivity index (χ1v) is 7.69. The molecule has 1 aromatic rings. The number of unbranched alkanes of at least 4 members (excludes halogenated alkanes) is 2. The van der Waals surface area contributed by atoms with Crippen LogP contribution in [0, 0.1) is 5.92 Å². The Labute approximate surface area is 130 Å². The number of rotatable bonds is 6. The highest BCUT2D eigenvalue weighted by atomic mass is 16.8. The molecule has 0 fully saturated rings. The van der Waals surface area contributed by atoms with Crippen molar-refractivity contribution in [3.63, 3.8) is 0 Å². The SMILES string of the molecule is CC(C)CCCCCC1(O)OC(=O)c2ccc(cc2)C(=O)O1. The molecule has 0 unspecified atom stereocenters. The zero-order valence-corrected chi connectivity index (χ0v) is 13.0. The number of esters is 2. The highest BCUT2D eigenvalue weighted by Crippen LogP contribution is 2.25. The van der Waals surface area contributed by atoms with Crippen molar-refractivity contribution in [3.8, 4) is 0 Å². The number of fused-ring (bicyclic) bond motifs is 6. The van der Waals surface area contributed by atoms with Gasteiger partial charge in [-0.15, -0.1) is 0 Å². The summed E-state index contributed by atoms with van der Waals surface area (Å²) in [5.41, 5.74) is 0.556. The van der Waals surface area contributed by atoms with Crippen LogP contribution in [0.5, 0.6) is 0 Å². The molecule has 0 amide bonds. The van der Waals surface area contributed by atoms with E-state index in [2.05, 4.69) is 13.8 Å². The molecule has 5 heteroatoms. The molecule has 3 rings (SSSR count). The van der Waals surface area contributed by atoms with Crippen LogP contribution in [-0.4, -0.2) is 23.0 Å². The smallest absolute Gasteiger partial charge is 0.373 e. The first-order valence-electron chi connectivity index (χ1n) is 7.69. The van der Waals surface area contributed by atoms with E-state index in [1.807, 2.05) is 0 Å². The average Bonchev–Trinajstić information content (AvgIpc) is 2.52. The third kappa shape index (κ3) is 4.31. The van der Waals surface area contributed by atoms with Gasteiger partial charge in [0, 0.05) is 0 Å². The Morgan fingerprint density at radius 2 is 1.45 bits per heavy atom. The second-order valence-electron chi connectivity index (χ2n) is 6.06. The molecule has 2 aliphatic heterocycles. The largest absolute Gasteiger partial charge is 0.394 e. The summed E-state index contributed by atoms with van der Waals surface area (Å²) in [6.45, 7) is 4.30. The quantitative estimate of drug-likeness (QED) is 0.645. The first-order chi connectivity index (χ1) is 10.4. The molecule has 5 nitrogen and oxygen atoms in total. The van der Waals surface area contributed by atoms with Crippen molar-refractivity contribution in [2.24, 2.45) is 5.92 Å². The van der Waals surface area contributed by atoms with Gasteiger partial charge in [0.05, 0.1) is 17.5 Å². The number of ether oxygens (including phenoxy) is 2. The van der Waals surface area contributed by atoms with Gasteiger partial charge in [-0.3, -0.25) is 0 Å². The fourth-order valence-corrected chi connectivity index (χ4v) is 2.35. The highest BCUT2D eigenvalue weighted by Gasteiger charge is 2.37. The van der Waals surface area contributed by atoms with E-state index >= 15 is 0 Å². The fraction of sp³-hybridized carbons (Fsp3) is 0.529. The van der Waals surface area contributed by atoms with Crippen LogP contribution in [0.4, 0.5) is 0 Å². The summed E-state index contributed by atoms with van der Waals surface area (Å²) in [5, 5.41) is 10.3.